The molecule has 0 saturated heterocycles. The van der Waals surface area contributed by atoms with Gasteiger partial charge in [-0.15, -0.1) is 0 Å². The molecule has 1 fully saturated rings. The van der Waals surface area contributed by atoms with Crippen molar-refractivity contribution in [3.63, 3.8) is 0 Å². The number of hydrogen-bond acceptors (Lipinski definition) is 6. The van der Waals surface area contributed by atoms with Gasteiger partial charge in [-0.1, -0.05) is 0 Å². The van der Waals surface area contributed by atoms with Gasteiger partial charge in [-0.05, 0) is 37.8 Å². The zero-order valence-corrected chi connectivity index (χ0v) is 12.0. The van der Waals surface area contributed by atoms with Gasteiger partial charge in [-0.2, -0.15) is 0 Å². The van der Waals surface area contributed by atoms with Crippen LogP contribution >= 0.6 is 0 Å². The maximum absolute atomic E-state index is 11.5. The van der Waals surface area contributed by atoms with Crippen molar-refractivity contribution in [1.82, 2.24) is 15.0 Å². The van der Waals surface area contributed by atoms with Crippen LogP contribution in [0.2, 0.25) is 0 Å². The van der Waals surface area contributed by atoms with E-state index in [2.05, 4.69) is 20.3 Å². The zero-order valence-electron chi connectivity index (χ0n) is 12.0. The molecule has 6 nitrogen and oxygen atoms in total. The molecular weight excluding hydrogens is 268 g/mol. The third kappa shape index (κ3) is 3.09. The van der Waals surface area contributed by atoms with Gasteiger partial charge in [-0.25, -0.2) is 9.97 Å². The Balaban J connectivity index is 1.63. The summed E-state index contributed by atoms with van der Waals surface area (Å²) in [5.74, 6) is 0.764. The summed E-state index contributed by atoms with van der Waals surface area (Å²) < 4.78 is 4.80. The molecule has 0 bridgehead atoms. The summed E-state index contributed by atoms with van der Waals surface area (Å²) in [6.45, 7) is 0. The van der Waals surface area contributed by atoms with Crippen LogP contribution in [0, 0.1) is 5.92 Å². The molecule has 3 rings (SSSR count). The van der Waals surface area contributed by atoms with E-state index in [1.807, 2.05) is 12.1 Å². The number of nitrogens with zero attached hydrogens (tertiary/aromatic N) is 3. The Bertz CT molecular complexity index is 638. The SMILES string of the molecule is COC(=O)C1CCC(Nc2ccc3nccnc3n2)CC1. The van der Waals surface area contributed by atoms with Crippen molar-refractivity contribution in [2.75, 3.05) is 12.4 Å². The second-order valence-electron chi connectivity index (χ2n) is 5.31. The minimum absolute atomic E-state index is 0.0449. The molecule has 0 radical (unpaired) electrons. The maximum atomic E-state index is 11.5. The van der Waals surface area contributed by atoms with E-state index in [4.69, 9.17) is 4.74 Å². The molecule has 21 heavy (non-hydrogen) atoms. The van der Waals surface area contributed by atoms with Crippen LogP contribution in [0.4, 0.5) is 5.82 Å². The number of anilines is 1. The van der Waals surface area contributed by atoms with Crippen LogP contribution in [-0.4, -0.2) is 34.1 Å². The Morgan fingerprint density at radius 2 is 1.95 bits per heavy atom. The van der Waals surface area contributed by atoms with Crippen LogP contribution in [0.15, 0.2) is 24.5 Å². The van der Waals surface area contributed by atoms with E-state index >= 15 is 0 Å². The van der Waals surface area contributed by atoms with Gasteiger partial charge < -0.3 is 10.1 Å². The van der Waals surface area contributed by atoms with Crippen molar-refractivity contribution < 1.29 is 9.53 Å². The number of pyridine rings is 1. The highest BCUT2D eigenvalue weighted by molar-refractivity contribution is 5.72. The first kappa shape index (κ1) is 13.7. The van der Waals surface area contributed by atoms with Gasteiger partial charge in [0.15, 0.2) is 5.65 Å². The molecule has 0 amide bonds. The van der Waals surface area contributed by atoms with E-state index in [0.717, 1.165) is 37.0 Å². The van der Waals surface area contributed by atoms with E-state index in [0.29, 0.717) is 11.7 Å². The van der Waals surface area contributed by atoms with E-state index in [1.54, 1.807) is 12.4 Å². The normalized spacial score (nSPS) is 22.0. The van der Waals surface area contributed by atoms with Crippen LogP contribution in [0.3, 0.4) is 0 Å². The molecule has 6 heteroatoms. The number of carbonyl (C=O) groups is 1. The van der Waals surface area contributed by atoms with Crippen molar-refractivity contribution in [3.05, 3.63) is 24.5 Å². The number of ether oxygens (including phenoxy) is 1. The number of methoxy groups -OCH3 is 1. The number of esters is 1. The predicted octanol–water partition coefficient (Wildman–Crippen LogP) is 2.17. The third-order valence-corrected chi connectivity index (χ3v) is 3.95. The zero-order chi connectivity index (χ0) is 14.7. The summed E-state index contributed by atoms with van der Waals surface area (Å²) in [4.78, 5) is 24.4. The molecule has 1 saturated carbocycles. The first-order chi connectivity index (χ1) is 10.3. The number of fused-ring (bicyclic) bond motifs is 1. The van der Waals surface area contributed by atoms with E-state index in [9.17, 15) is 4.79 Å². The van der Waals surface area contributed by atoms with Gasteiger partial charge in [-0.3, -0.25) is 9.78 Å². The summed E-state index contributed by atoms with van der Waals surface area (Å²) in [7, 11) is 1.45. The van der Waals surface area contributed by atoms with Crippen LogP contribution in [0.5, 0.6) is 0 Å². The Labute approximate surface area is 123 Å². The molecule has 0 unspecified atom stereocenters. The number of nitrogens with one attached hydrogen (secondary N) is 1. The summed E-state index contributed by atoms with van der Waals surface area (Å²) in [6, 6.07) is 4.17. The molecule has 110 valence electrons. The molecule has 1 aliphatic rings. The maximum Gasteiger partial charge on any atom is 0.308 e. The lowest BCUT2D eigenvalue weighted by Crippen LogP contribution is -2.30. The van der Waals surface area contributed by atoms with Crippen LogP contribution in [0.1, 0.15) is 25.7 Å². The van der Waals surface area contributed by atoms with Crippen molar-refractivity contribution in [3.8, 4) is 0 Å². The first-order valence-electron chi connectivity index (χ1n) is 7.18. The fraction of sp³-hybridized carbons (Fsp3) is 0.467. The van der Waals surface area contributed by atoms with Crippen molar-refractivity contribution in [1.29, 1.82) is 0 Å². The highest BCUT2D eigenvalue weighted by Crippen LogP contribution is 2.27. The number of carbonyl (C=O) groups excluding carboxylic acids is 1. The van der Waals surface area contributed by atoms with Crippen LogP contribution in [-0.2, 0) is 9.53 Å². The van der Waals surface area contributed by atoms with Gasteiger partial charge >= 0.3 is 5.97 Å². The van der Waals surface area contributed by atoms with Gasteiger partial charge in [0, 0.05) is 18.4 Å². The van der Waals surface area contributed by atoms with Crippen molar-refractivity contribution in [2.24, 2.45) is 5.92 Å². The Hall–Kier alpha value is -2.24. The van der Waals surface area contributed by atoms with Gasteiger partial charge in [0.25, 0.3) is 0 Å². The second-order valence-corrected chi connectivity index (χ2v) is 5.31. The van der Waals surface area contributed by atoms with Crippen molar-refractivity contribution in [2.45, 2.75) is 31.7 Å². The predicted molar refractivity (Wildman–Crippen MR) is 78.7 cm³/mol. The smallest absolute Gasteiger partial charge is 0.308 e. The Kier molecular flexibility index (Phi) is 3.94. The summed E-state index contributed by atoms with van der Waals surface area (Å²) in [5.41, 5.74) is 1.43. The van der Waals surface area contributed by atoms with Gasteiger partial charge in [0.1, 0.15) is 11.3 Å². The lowest BCUT2D eigenvalue weighted by Gasteiger charge is -2.27. The molecule has 2 heterocycles. The molecule has 0 aromatic carbocycles. The van der Waals surface area contributed by atoms with Crippen LogP contribution in [0.25, 0.3) is 11.2 Å². The minimum Gasteiger partial charge on any atom is -0.469 e. The lowest BCUT2D eigenvalue weighted by atomic mass is 9.86. The summed E-state index contributed by atoms with van der Waals surface area (Å²) in [6.07, 6.45) is 6.90. The topological polar surface area (TPSA) is 77.0 Å². The minimum atomic E-state index is -0.0902. The molecule has 0 atom stereocenters. The highest BCUT2D eigenvalue weighted by atomic mass is 16.5. The molecule has 2 aromatic heterocycles. The third-order valence-electron chi connectivity index (χ3n) is 3.95. The molecule has 2 aromatic rings. The number of rotatable bonds is 3. The molecule has 1 aliphatic carbocycles. The summed E-state index contributed by atoms with van der Waals surface area (Å²) >= 11 is 0. The number of hydrogen-bond donors (Lipinski definition) is 1. The quantitative estimate of drug-likeness (QED) is 0.871. The lowest BCUT2D eigenvalue weighted by molar-refractivity contribution is -0.146. The van der Waals surface area contributed by atoms with Gasteiger partial charge in [0.2, 0.25) is 0 Å². The summed E-state index contributed by atoms with van der Waals surface area (Å²) in [5, 5.41) is 3.42. The average molecular weight is 286 g/mol. The molecular formula is C15H18N4O2. The van der Waals surface area contributed by atoms with Gasteiger partial charge in [0.05, 0.1) is 13.0 Å². The highest BCUT2D eigenvalue weighted by Gasteiger charge is 2.26. The monoisotopic (exact) mass is 286 g/mol. The van der Waals surface area contributed by atoms with E-state index in [1.165, 1.54) is 7.11 Å². The van der Waals surface area contributed by atoms with Crippen LogP contribution < -0.4 is 5.32 Å². The standard InChI is InChI=1S/C15H18N4O2/c1-21-15(20)10-2-4-11(5-3-10)18-13-7-6-12-14(19-13)17-9-8-16-12/h6-11H,2-5H2,1H3,(H,17,18,19). The van der Waals surface area contributed by atoms with E-state index < -0.39 is 0 Å². The van der Waals surface area contributed by atoms with Crippen molar-refractivity contribution >= 4 is 23.0 Å². The molecule has 0 spiro atoms. The first-order valence-corrected chi connectivity index (χ1v) is 7.18. The Morgan fingerprint density at radius 3 is 2.71 bits per heavy atom. The van der Waals surface area contributed by atoms with E-state index in [-0.39, 0.29) is 11.9 Å². The fourth-order valence-corrected chi connectivity index (χ4v) is 2.78. The molecule has 0 aliphatic heterocycles. The second kappa shape index (κ2) is 6.03. The fourth-order valence-electron chi connectivity index (χ4n) is 2.78. The average Bonchev–Trinajstić information content (AvgIpc) is 2.55. The Morgan fingerprint density at radius 1 is 1.19 bits per heavy atom. The largest absolute Gasteiger partial charge is 0.469 e. The molecule has 1 N–H and O–H groups in total. The number of aromatic nitrogens is 3.